The quantitative estimate of drug-likeness (QED) is 0.321. The Morgan fingerprint density at radius 3 is 2.19 bits per heavy atom. The summed E-state index contributed by atoms with van der Waals surface area (Å²) in [5.74, 6) is 0.556. The first-order valence-corrected chi connectivity index (χ1v) is 13.0. The number of benzene rings is 3. The Balaban J connectivity index is 0.000000293. The van der Waals surface area contributed by atoms with Gasteiger partial charge in [-0.2, -0.15) is 29.8 Å². The van der Waals surface area contributed by atoms with Crippen molar-refractivity contribution in [1.29, 1.82) is 0 Å². The van der Waals surface area contributed by atoms with E-state index in [0.717, 1.165) is 12.0 Å². The molecule has 0 saturated carbocycles. The average molecular weight is 591 g/mol. The van der Waals surface area contributed by atoms with Gasteiger partial charge in [-0.3, -0.25) is 6.08 Å². The molecule has 0 aromatic heterocycles. The molecule has 0 radical (unpaired) electrons. The zero-order valence-electron chi connectivity index (χ0n) is 21.2. The molecule has 3 aromatic carbocycles. The molecule has 2 aliphatic carbocycles. The summed E-state index contributed by atoms with van der Waals surface area (Å²) in [7, 11) is 0. The second-order valence-corrected chi connectivity index (χ2v) is 10.0. The van der Waals surface area contributed by atoms with Crippen LogP contribution in [-0.4, -0.2) is 3.21 Å². The summed E-state index contributed by atoms with van der Waals surface area (Å²) in [4.78, 5) is 0. The van der Waals surface area contributed by atoms with Gasteiger partial charge < -0.3 is 24.8 Å². The van der Waals surface area contributed by atoms with E-state index in [-0.39, 0.29) is 24.8 Å². The topological polar surface area (TPSA) is 0 Å². The summed E-state index contributed by atoms with van der Waals surface area (Å²) < 4.78 is 1.55. The number of hydrogen-bond donors (Lipinski definition) is 0. The summed E-state index contributed by atoms with van der Waals surface area (Å²) in [5, 5.41) is 0. The van der Waals surface area contributed by atoms with Crippen molar-refractivity contribution in [3.8, 4) is 11.1 Å². The monoisotopic (exact) mass is 588 g/mol. The maximum atomic E-state index is 3.82. The molecular formula is C33H32Cl2Zr-2. The van der Waals surface area contributed by atoms with E-state index >= 15 is 0 Å². The molecule has 0 heterocycles. The van der Waals surface area contributed by atoms with Crippen LogP contribution in [0.5, 0.6) is 0 Å². The molecule has 0 spiro atoms. The van der Waals surface area contributed by atoms with Gasteiger partial charge >= 0.3 is 76.7 Å². The predicted octanol–water partition coefficient (Wildman–Crippen LogP) is 2.46. The number of hydrogen-bond acceptors (Lipinski definition) is 0. The summed E-state index contributed by atoms with van der Waals surface area (Å²) in [6, 6.07) is 24.7. The Morgan fingerprint density at radius 1 is 1.00 bits per heavy atom. The minimum absolute atomic E-state index is 0. The SMILES string of the molecule is C=Cc1c[c-]c2c(c1)-c1cc(C=C)ccc1C2.CC1=CC(C)[C-]=C1.CC[C](=[Zr+2])c1ccccc1.[Cl-].[Cl-]. The van der Waals surface area contributed by atoms with Crippen LogP contribution in [0, 0.1) is 18.1 Å². The molecule has 1 atom stereocenters. The minimum Gasteiger partial charge on any atom is -1.00 e. The summed E-state index contributed by atoms with van der Waals surface area (Å²) >= 11 is 1.54. The fourth-order valence-corrected chi connectivity index (χ4v) is 4.37. The van der Waals surface area contributed by atoms with Crippen molar-refractivity contribution in [1.82, 2.24) is 0 Å². The molecule has 0 fully saturated rings. The number of fused-ring (bicyclic) bond motifs is 3. The fourth-order valence-electron chi connectivity index (χ4n) is 3.96. The van der Waals surface area contributed by atoms with Gasteiger partial charge in [-0.15, -0.1) is 30.7 Å². The first-order valence-electron chi connectivity index (χ1n) is 11.8. The Kier molecular flexibility index (Phi) is 14.2. The maximum absolute atomic E-state index is 3.82. The molecule has 36 heavy (non-hydrogen) atoms. The van der Waals surface area contributed by atoms with Crippen molar-refractivity contribution < 1.29 is 49.0 Å². The van der Waals surface area contributed by atoms with Crippen LogP contribution in [0.1, 0.15) is 55.0 Å². The van der Waals surface area contributed by atoms with Gasteiger partial charge in [0.15, 0.2) is 0 Å². The van der Waals surface area contributed by atoms with E-state index in [4.69, 9.17) is 0 Å². The van der Waals surface area contributed by atoms with Crippen molar-refractivity contribution in [2.24, 2.45) is 5.92 Å². The van der Waals surface area contributed by atoms with E-state index in [1.165, 1.54) is 69.6 Å². The van der Waals surface area contributed by atoms with E-state index in [0.29, 0.717) is 5.92 Å². The van der Waals surface area contributed by atoms with Crippen molar-refractivity contribution >= 4 is 15.4 Å². The van der Waals surface area contributed by atoms with Crippen LogP contribution in [-0.2, 0) is 30.7 Å². The van der Waals surface area contributed by atoms with Crippen LogP contribution < -0.4 is 24.8 Å². The van der Waals surface area contributed by atoms with Gasteiger partial charge in [-0.05, 0) is 12.0 Å². The van der Waals surface area contributed by atoms with E-state index < -0.39 is 0 Å². The van der Waals surface area contributed by atoms with Crippen molar-refractivity contribution in [2.45, 2.75) is 33.6 Å². The molecule has 0 saturated heterocycles. The molecule has 0 amide bonds. The number of halogens is 2. The molecule has 0 aliphatic heterocycles. The van der Waals surface area contributed by atoms with Gasteiger partial charge in [0.1, 0.15) is 0 Å². The van der Waals surface area contributed by atoms with E-state index in [9.17, 15) is 0 Å². The second-order valence-electron chi connectivity index (χ2n) is 8.54. The molecule has 184 valence electrons. The third-order valence-electron chi connectivity index (χ3n) is 5.87. The largest absolute Gasteiger partial charge is 1.00 e. The van der Waals surface area contributed by atoms with E-state index in [1.807, 2.05) is 24.3 Å². The third-order valence-corrected chi connectivity index (χ3v) is 7.45. The molecule has 5 rings (SSSR count). The Morgan fingerprint density at radius 2 is 1.67 bits per heavy atom. The zero-order valence-corrected chi connectivity index (χ0v) is 25.2. The van der Waals surface area contributed by atoms with Gasteiger partial charge in [-0.1, -0.05) is 54.8 Å². The van der Waals surface area contributed by atoms with Crippen LogP contribution in [0.2, 0.25) is 0 Å². The Bertz CT molecular complexity index is 1180. The fraction of sp³-hybridized carbons (Fsp3) is 0.182. The first-order chi connectivity index (χ1) is 16.4. The molecule has 0 N–H and O–H groups in total. The molecule has 3 heteroatoms. The van der Waals surface area contributed by atoms with Crippen LogP contribution >= 0.6 is 0 Å². The summed E-state index contributed by atoms with van der Waals surface area (Å²) in [5.41, 5.74) is 10.3. The standard InChI is InChI=1S/C17H13.C9H10.C7H9.2ClH.Zr/c1-3-12-5-7-14-11-15-8-6-13(4-2)10-17(15)16(14)9-12;1-2-6-9-7-4-3-5-8-9;1-6-3-4-7(2)5-6;;;/h3-7,9-10H,1-2,11H2;3-5,7-8H,2H2,1H3;3,5,7H,1-2H3;2*1H;/q-1;;-1;;;+2/p-2. The van der Waals surface area contributed by atoms with Crippen molar-refractivity contribution in [3.63, 3.8) is 0 Å². The van der Waals surface area contributed by atoms with Crippen molar-refractivity contribution in [3.05, 3.63) is 132 Å². The van der Waals surface area contributed by atoms with Crippen LogP contribution in [0.15, 0.2) is 91.5 Å². The smallest absolute Gasteiger partial charge is 1.00 e. The molecule has 3 aromatic rings. The average Bonchev–Trinajstić information content (AvgIpc) is 3.45. The van der Waals surface area contributed by atoms with E-state index in [2.05, 4.69) is 107 Å². The molecule has 2 aliphatic rings. The summed E-state index contributed by atoms with van der Waals surface area (Å²) in [6.45, 7) is 14.1. The van der Waals surface area contributed by atoms with Gasteiger partial charge in [0, 0.05) is 0 Å². The molecular weight excluding hydrogens is 558 g/mol. The van der Waals surface area contributed by atoms with Crippen LogP contribution in [0.3, 0.4) is 0 Å². The third kappa shape index (κ3) is 8.81. The predicted molar refractivity (Wildman–Crippen MR) is 145 cm³/mol. The van der Waals surface area contributed by atoms with E-state index in [1.54, 1.807) is 3.21 Å². The Hall–Kier alpha value is -2.05. The normalized spacial score (nSPS) is 13.7. The maximum Gasteiger partial charge on any atom is -1.00 e. The van der Waals surface area contributed by atoms with Crippen molar-refractivity contribution in [2.75, 3.05) is 0 Å². The first kappa shape index (κ1) is 32.0. The number of allylic oxidation sites excluding steroid dienone is 4. The number of rotatable bonds is 4. The van der Waals surface area contributed by atoms with Gasteiger partial charge in [0.2, 0.25) is 0 Å². The van der Waals surface area contributed by atoms with Crippen LogP contribution in [0.4, 0.5) is 0 Å². The summed E-state index contributed by atoms with van der Waals surface area (Å²) in [6.07, 6.45) is 13.3. The van der Waals surface area contributed by atoms with Gasteiger partial charge in [0.25, 0.3) is 0 Å². The zero-order chi connectivity index (χ0) is 24.5. The van der Waals surface area contributed by atoms with Gasteiger partial charge in [0.05, 0.1) is 0 Å². The molecule has 0 bridgehead atoms. The second kappa shape index (κ2) is 15.9. The van der Waals surface area contributed by atoms with Gasteiger partial charge in [-0.25, -0.2) is 11.6 Å². The molecule has 1 unspecified atom stereocenters. The minimum atomic E-state index is 0. The molecule has 0 nitrogen and oxygen atoms in total. The van der Waals surface area contributed by atoms with Crippen LogP contribution in [0.25, 0.3) is 23.3 Å². The Labute approximate surface area is 245 Å².